The van der Waals surface area contributed by atoms with Crippen LogP contribution in [0.3, 0.4) is 0 Å². The zero-order valence-corrected chi connectivity index (χ0v) is 7.35. The average molecular weight is 163 g/mol. The lowest BCUT2D eigenvalue weighted by Gasteiger charge is -1.93. The summed E-state index contributed by atoms with van der Waals surface area (Å²) in [6.07, 6.45) is 0.0451. The summed E-state index contributed by atoms with van der Waals surface area (Å²) >= 11 is 0. The topological polar surface area (TPSA) is 43.4 Å². The quantitative estimate of drug-likeness (QED) is 0.591. The SMILES string of the molecule is CO[P+](=O)CC(=O)C(C)C. The van der Waals surface area contributed by atoms with E-state index in [0.717, 1.165) is 0 Å². The minimum atomic E-state index is -1.75. The van der Waals surface area contributed by atoms with E-state index in [0.29, 0.717) is 0 Å². The minimum absolute atomic E-state index is 0.0111. The molecule has 3 nitrogen and oxygen atoms in total. The highest BCUT2D eigenvalue weighted by atomic mass is 31.1. The van der Waals surface area contributed by atoms with Crippen molar-refractivity contribution < 1.29 is 13.9 Å². The molecule has 0 aromatic rings. The van der Waals surface area contributed by atoms with Crippen molar-refractivity contribution in [3.05, 3.63) is 0 Å². The molecule has 0 amide bonds. The van der Waals surface area contributed by atoms with Crippen molar-refractivity contribution in [2.24, 2.45) is 5.92 Å². The standard InChI is InChI=1S/C6H12O3P/c1-5(2)6(7)4-10(8)9-3/h5H,4H2,1-3H3/q+1. The summed E-state index contributed by atoms with van der Waals surface area (Å²) in [4.78, 5) is 10.8. The number of hydrogen-bond acceptors (Lipinski definition) is 3. The van der Waals surface area contributed by atoms with Crippen LogP contribution in [-0.2, 0) is 13.9 Å². The second-order valence-electron chi connectivity index (χ2n) is 2.29. The van der Waals surface area contributed by atoms with Crippen molar-refractivity contribution in [3.8, 4) is 0 Å². The maximum absolute atomic E-state index is 10.8. The van der Waals surface area contributed by atoms with Crippen LogP contribution in [0.25, 0.3) is 0 Å². The number of carbonyl (C=O) groups excluding carboxylic acids is 1. The molecular weight excluding hydrogens is 151 g/mol. The van der Waals surface area contributed by atoms with Crippen LogP contribution < -0.4 is 0 Å². The Labute approximate surface area is 61.6 Å². The smallest absolute Gasteiger partial charge is 0.294 e. The van der Waals surface area contributed by atoms with E-state index < -0.39 is 8.03 Å². The Balaban J connectivity index is 3.69. The molecule has 1 unspecified atom stereocenters. The second kappa shape index (κ2) is 4.53. The Morgan fingerprint density at radius 1 is 1.60 bits per heavy atom. The molecule has 0 heterocycles. The molecule has 0 aromatic carbocycles. The highest BCUT2D eigenvalue weighted by Gasteiger charge is 2.22. The zero-order valence-electron chi connectivity index (χ0n) is 6.46. The lowest BCUT2D eigenvalue weighted by molar-refractivity contribution is -0.119. The third kappa shape index (κ3) is 3.70. The van der Waals surface area contributed by atoms with Crippen LogP contribution in [0, 0.1) is 5.92 Å². The number of carbonyl (C=O) groups is 1. The van der Waals surface area contributed by atoms with Crippen molar-refractivity contribution in [2.45, 2.75) is 13.8 Å². The molecule has 4 heteroatoms. The molecule has 0 rings (SSSR count). The molecule has 0 aromatic heterocycles. The van der Waals surface area contributed by atoms with Gasteiger partial charge in [-0.3, -0.25) is 4.79 Å². The monoisotopic (exact) mass is 163 g/mol. The Hall–Kier alpha value is -0.270. The van der Waals surface area contributed by atoms with Crippen LogP contribution in [0.2, 0.25) is 0 Å². The largest absolute Gasteiger partial charge is 0.515 e. The van der Waals surface area contributed by atoms with E-state index >= 15 is 0 Å². The van der Waals surface area contributed by atoms with E-state index in [1.165, 1.54) is 7.11 Å². The predicted molar refractivity (Wildman–Crippen MR) is 39.3 cm³/mol. The number of rotatable bonds is 4. The van der Waals surface area contributed by atoms with Gasteiger partial charge in [-0.1, -0.05) is 13.8 Å². The first kappa shape index (κ1) is 9.73. The van der Waals surface area contributed by atoms with Crippen molar-refractivity contribution in [2.75, 3.05) is 13.3 Å². The van der Waals surface area contributed by atoms with E-state index in [9.17, 15) is 9.36 Å². The van der Waals surface area contributed by atoms with Crippen LogP contribution >= 0.6 is 8.03 Å². The average Bonchev–Trinajstić information content (AvgIpc) is 1.87. The summed E-state index contributed by atoms with van der Waals surface area (Å²) in [5.41, 5.74) is 0. The molecule has 0 radical (unpaired) electrons. The first-order chi connectivity index (χ1) is 4.57. The maximum atomic E-state index is 10.8. The summed E-state index contributed by atoms with van der Waals surface area (Å²) in [5, 5.41) is 0. The molecule has 0 aliphatic heterocycles. The second-order valence-corrected chi connectivity index (χ2v) is 3.64. The third-order valence-corrected chi connectivity index (χ3v) is 2.11. The molecule has 58 valence electrons. The van der Waals surface area contributed by atoms with Crippen molar-refractivity contribution in [1.29, 1.82) is 0 Å². The molecule has 1 atom stereocenters. The van der Waals surface area contributed by atoms with Crippen LogP contribution in [-0.4, -0.2) is 19.1 Å². The number of hydrogen-bond donors (Lipinski definition) is 0. The van der Waals surface area contributed by atoms with Gasteiger partial charge in [-0.2, -0.15) is 0 Å². The molecule has 0 bridgehead atoms. The van der Waals surface area contributed by atoms with Gasteiger partial charge in [0.2, 0.25) is 6.16 Å². The Morgan fingerprint density at radius 2 is 2.10 bits per heavy atom. The summed E-state index contributed by atoms with van der Waals surface area (Å²) in [6.45, 7) is 3.56. The van der Waals surface area contributed by atoms with Crippen LogP contribution in [0.5, 0.6) is 0 Å². The maximum Gasteiger partial charge on any atom is 0.515 e. The molecule has 0 aliphatic rings. The molecule has 10 heavy (non-hydrogen) atoms. The fourth-order valence-corrected chi connectivity index (χ4v) is 1.12. The third-order valence-electron chi connectivity index (χ3n) is 1.13. The lowest BCUT2D eigenvalue weighted by atomic mass is 10.1. The van der Waals surface area contributed by atoms with Crippen molar-refractivity contribution >= 4 is 13.8 Å². The lowest BCUT2D eigenvalue weighted by Crippen LogP contribution is -2.09. The summed E-state index contributed by atoms with van der Waals surface area (Å²) in [6, 6.07) is 0. The van der Waals surface area contributed by atoms with Gasteiger partial charge >= 0.3 is 8.03 Å². The van der Waals surface area contributed by atoms with Crippen molar-refractivity contribution in [3.63, 3.8) is 0 Å². The molecule has 0 saturated carbocycles. The van der Waals surface area contributed by atoms with Gasteiger partial charge in [-0.05, 0) is 4.57 Å². The van der Waals surface area contributed by atoms with E-state index in [1.807, 2.05) is 0 Å². The summed E-state index contributed by atoms with van der Waals surface area (Å²) in [5.74, 6) is -0.0583. The zero-order chi connectivity index (χ0) is 8.15. The van der Waals surface area contributed by atoms with Crippen molar-refractivity contribution in [1.82, 2.24) is 0 Å². The molecular formula is C6H12O3P+. The van der Waals surface area contributed by atoms with Crippen LogP contribution in [0.4, 0.5) is 0 Å². The molecule has 0 N–H and O–H groups in total. The van der Waals surface area contributed by atoms with Gasteiger partial charge in [-0.25, -0.2) is 0 Å². The number of ketones is 1. The van der Waals surface area contributed by atoms with Gasteiger partial charge in [0.05, 0.1) is 7.11 Å². The Bertz CT molecular complexity index is 142. The van der Waals surface area contributed by atoms with E-state index in [4.69, 9.17) is 0 Å². The highest BCUT2D eigenvalue weighted by Crippen LogP contribution is 2.20. The van der Waals surface area contributed by atoms with Gasteiger partial charge in [-0.15, -0.1) is 4.52 Å². The Kier molecular flexibility index (Phi) is 4.41. The normalized spacial score (nSPS) is 11.8. The van der Waals surface area contributed by atoms with Gasteiger partial charge in [0.15, 0.2) is 5.78 Å². The molecule has 0 fully saturated rings. The van der Waals surface area contributed by atoms with Crippen LogP contribution in [0.1, 0.15) is 13.8 Å². The van der Waals surface area contributed by atoms with E-state index in [1.54, 1.807) is 13.8 Å². The fraction of sp³-hybridized carbons (Fsp3) is 0.833. The highest BCUT2D eigenvalue weighted by molar-refractivity contribution is 7.40. The molecule has 0 saturated heterocycles. The van der Waals surface area contributed by atoms with Gasteiger partial charge in [0.1, 0.15) is 0 Å². The van der Waals surface area contributed by atoms with Gasteiger partial charge in [0.25, 0.3) is 0 Å². The molecule has 0 spiro atoms. The summed E-state index contributed by atoms with van der Waals surface area (Å²) in [7, 11) is -0.410. The predicted octanol–water partition coefficient (Wildman–Crippen LogP) is 1.60. The van der Waals surface area contributed by atoms with Gasteiger partial charge in [0, 0.05) is 5.92 Å². The first-order valence-electron chi connectivity index (χ1n) is 3.09. The van der Waals surface area contributed by atoms with E-state index in [2.05, 4.69) is 4.52 Å². The summed E-state index contributed by atoms with van der Waals surface area (Å²) < 4.78 is 15.1. The van der Waals surface area contributed by atoms with E-state index in [-0.39, 0.29) is 17.9 Å². The number of Topliss-reactive ketones (excluding diaryl/α,β-unsaturated/α-hetero) is 1. The minimum Gasteiger partial charge on any atom is -0.294 e. The van der Waals surface area contributed by atoms with Gasteiger partial charge < -0.3 is 0 Å². The Morgan fingerprint density at radius 3 is 2.40 bits per heavy atom. The fourth-order valence-electron chi connectivity index (χ4n) is 0.374. The molecule has 0 aliphatic carbocycles. The van der Waals surface area contributed by atoms with Crippen LogP contribution in [0.15, 0.2) is 0 Å². The first-order valence-corrected chi connectivity index (χ1v) is 4.45.